The van der Waals surface area contributed by atoms with Crippen molar-refractivity contribution < 1.29 is 9.13 Å². The van der Waals surface area contributed by atoms with Crippen molar-refractivity contribution in [1.82, 2.24) is 4.98 Å². The molecule has 0 bridgehead atoms. The lowest BCUT2D eigenvalue weighted by atomic mass is 10.2. The van der Waals surface area contributed by atoms with E-state index in [9.17, 15) is 4.39 Å². The molecule has 0 saturated carbocycles. The lowest BCUT2D eigenvalue weighted by molar-refractivity contribution is 0.445. The molecule has 0 unspecified atom stereocenters. The van der Waals surface area contributed by atoms with E-state index in [-0.39, 0.29) is 5.75 Å². The van der Waals surface area contributed by atoms with Gasteiger partial charge in [0.2, 0.25) is 0 Å². The van der Waals surface area contributed by atoms with Crippen LogP contribution in [0.5, 0.6) is 11.5 Å². The molecule has 0 aliphatic carbocycles. The fraction of sp³-hybridized carbons (Fsp3) is 0.118. The quantitative estimate of drug-likeness (QED) is 0.791. The molecule has 0 fully saturated rings. The van der Waals surface area contributed by atoms with E-state index in [2.05, 4.69) is 4.98 Å². The number of aromatic nitrogens is 1. The van der Waals surface area contributed by atoms with E-state index in [1.807, 2.05) is 31.2 Å². The molecule has 0 aliphatic heterocycles. The van der Waals surface area contributed by atoms with E-state index in [0.29, 0.717) is 12.3 Å². The fourth-order valence-corrected chi connectivity index (χ4v) is 2.23. The molecule has 0 radical (unpaired) electrons. The van der Waals surface area contributed by atoms with Gasteiger partial charge in [0.25, 0.3) is 0 Å². The van der Waals surface area contributed by atoms with Crippen LogP contribution in [0.4, 0.5) is 4.39 Å². The van der Waals surface area contributed by atoms with Crippen LogP contribution in [-0.2, 0) is 6.54 Å². The van der Waals surface area contributed by atoms with E-state index in [4.69, 9.17) is 10.5 Å². The molecule has 3 aromatic rings. The fourth-order valence-electron chi connectivity index (χ4n) is 2.23. The van der Waals surface area contributed by atoms with Gasteiger partial charge in [-0.3, -0.25) is 4.98 Å². The Balaban J connectivity index is 2.05. The van der Waals surface area contributed by atoms with Gasteiger partial charge in [-0.15, -0.1) is 0 Å². The highest BCUT2D eigenvalue weighted by Crippen LogP contribution is 2.31. The number of nitrogens with two attached hydrogens (primary N) is 1. The first-order valence-corrected chi connectivity index (χ1v) is 6.70. The summed E-state index contributed by atoms with van der Waals surface area (Å²) in [4.78, 5) is 4.44. The van der Waals surface area contributed by atoms with Gasteiger partial charge in [-0.2, -0.15) is 0 Å². The number of benzene rings is 2. The average molecular weight is 282 g/mol. The average Bonchev–Trinajstić information content (AvgIpc) is 2.49. The maximum absolute atomic E-state index is 14.0. The largest absolute Gasteiger partial charge is 0.454 e. The summed E-state index contributed by atoms with van der Waals surface area (Å²) in [6, 6.07) is 14.2. The molecule has 3 nitrogen and oxygen atoms in total. The summed E-state index contributed by atoms with van der Waals surface area (Å²) < 4.78 is 19.8. The van der Waals surface area contributed by atoms with Crippen molar-refractivity contribution in [3.05, 3.63) is 65.6 Å². The third-order valence-corrected chi connectivity index (χ3v) is 3.26. The van der Waals surface area contributed by atoms with Gasteiger partial charge >= 0.3 is 0 Å². The van der Waals surface area contributed by atoms with Crippen LogP contribution in [0.1, 0.15) is 11.3 Å². The highest BCUT2D eigenvalue weighted by molar-refractivity contribution is 5.85. The van der Waals surface area contributed by atoms with Crippen LogP contribution in [0, 0.1) is 12.7 Å². The third kappa shape index (κ3) is 2.71. The normalized spacial score (nSPS) is 10.8. The molecular formula is C17H15FN2O. The van der Waals surface area contributed by atoms with Crippen LogP contribution < -0.4 is 10.5 Å². The van der Waals surface area contributed by atoms with Gasteiger partial charge in [-0.1, -0.05) is 18.2 Å². The SMILES string of the molecule is Cc1cc(Oc2ccc(CN)cc2F)c2ccccc2n1. The Hall–Kier alpha value is -2.46. The monoisotopic (exact) mass is 282 g/mol. The van der Waals surface area contributed by atoms with Crippen molar-refractivity contribution in [2.24, 2.45) is 5.73 Å². The Labute approximate surface area is 122 Å². The number of rotatable bonds is 3. The number of fused-ring (bicyclic) bond motifs is 1. The standard InChI is InChI=1S/C17H15FN2O/c1-11-8-17(13-4-2-3-5-15(13)20-11)21-16-7-6-12(10-19)9-14(16)18/h2-9H,10,19H2,1H3. The van der Waals surface area contributed by atoms with Crippen LogP contribution in [0.3, 0.4) is 0 Å². The van der Waals surface area contributed by atoms with Crippen molar-refractivity contribution in [2.75, 3.05) is 0 Å². The van der Waals surface area contributed by atoms with Gasteiger partial charge in [0.05, 0.1) is 5.52 Å². The van der Waals surface area contributed by atoms with Gasteiger partial charge in [-0.25, -0.2) is 4.39 Å². The van der Waals surface area contributed by atoms with Crippen molar-refractivity contribution in [2.45, 2.75) is 13.5 Å². The lowest BCUT2D eigenvalue weighted by Crippen LogP contribution is -1.98. The van der Waals surface area contributed by atoms with E-state index in [1.165, 1.54) is 6.07 Å². The summed E-state index contributed by atoms with van der Waals surface area (Å²) in [6.07, 6.45) is 0. The summed E-state index contributed by atoms with van der Waals surface area (Å²) in [6.45, 7) is 2.18. The molecular weight excluding hydrogens is 267 g/mol. The molecule has 0 saturated heterocycles. The molecule has 0 amide bonds. The van der Waals surface area contributed by atoms with Crippen molar-refractivity contribution in [1.29, 1.82) is 0 Å². The molecule has 4 heteroatoms. The van der Waals surface area contributed by atoms with Crippen LogP contribution in [-0.4, -0.2) is 4.98 Å². The molecule has 3 rings (SSSR count). The number of nitrogens with zero attached hydrogens (tertiary/aromatic N) is 1. The van der Waals surface area contributed by atoms with Crippen LogP contribution in [0.2, 0.25) is 0 Å². The topological polar surface area (TPSA) is 48.1 Å². The molecule has 2 N–H and O–H groups in total. The molecule has 0 atom stereocenters. The third-order valence-electron chi connectivity index (χ3n) is 3.26. The Morgan fingerprint density at radius 1 is 1.10 bits per heavy atom. The summed E-state index contributed by atoms with van der Waals surface area (Å²) in [7, 11) is 0. The van der Waals surface area contributed by atoms with Gasteiger partial charge in [0.1, 0.15) is 5.75 Å². The maximum Gasteiger partial charge on any atom is 0.166 e. The second-order valence-corrected chi connectivity index (χ2v) is 4.85. The van der Waals surface area contributed by atoms with Gasteiger partial charge < -0.3 is 10.5 Å². The molecule has 1 aromatic heterocycles. The van der Waals surface area contributed by atoms with Gasteiger partial charge in [0, 0.05) is 23.7 Å². The van der Waals surface area contributed by atoms with Crippen LogP contribution >= 0.6 is 0 Å². The van der Waals surface area contributed by atoms with E-state index in [1.54, 1.807) is 18.2 Å². The zero-order valence-electron chi connectivity index (χ0n) is 11.6. The molecule has 106 valence electrons. The summed E-state index contributed by atoms with van der Waals surface area (Å²) in [5.41, 5.74) is 7.88. The van der Waals surface area contributed by atoms with E-state index >= 15 is 0 Å². The number of hydrogen-bond acceptors (Lipinski definition) is 3. The van der Waals surface area contributed by atoms with Crippen LogP contribution in [0.15, 0.2) is 48.5 Å². The summed E-state index contributed by atoms with van der Waals surface area (Å²) in [5.74, 6) is 0.358. The van der Waals surface area contributed by atoms with Gasteiger partial charge in [0.15, 0.2) is 11.6 Å². The number of ether oxygens (including phenoxy) is 1. The first-order chi connectivity index (χ1) is 10.2. The zero-order valence-corrected chi connectivity index (χ0v) is 11.6. The lowest BCUT2D eigenvalue weighted by Gasteiger charge is -2.11. The Morgan fingerprint density at radius 3 is 2.67 bits per heavy atom. The minimum absolute atomic E-state index is 0.183. The molecule has 1 heterocycles. The first kappa shape index (κ1) is 13.5. The number of para-hydroxylation sites is 1. The molecule has 21 heavy (non-hydrogen) atoms. The number of hydrogen-bond donors (Lipinski definition) is 1. The zero-order chi connectivity index (χ0) is 14.8. The molecule has 0 aliphatic rings. The smallest absolute Gasteiger partial charge is 0.166 e. The highest BCUT2D eigenvalue weighted by Gasteiger charge is 2.09. The Kier molecular flexibility index (Phi) is 3.54. The Bertz CT molecular complexity index is 802. The summed E-state index contributed by atoms with van der Waals surface area (Å²) in [5, 5.41) is 0.852. The predicted molar refractivity (Wildman–Crippen MR) is 80.8 cm³/mol. The van der Waals surface area contributed by atoms with E-state index in [0.717, 1.165) is 22.2 Å². The molecule has 2 aromatic carbocycles. The first-order valence-electron chi connectivity index (χ1n) is 6.70. The molecule has 0 spiro atoms. The number of halogens is 1. The second-order valence-electron chi connectivity index (χ2n) is 4.85. The van der Waals surface area contributed by atoms with E-state index < -0.39 is 5.82 Å². The minimum atomic E-state index is -0.420. The number of aryl methyl sites for hydroxylation is 1. The maximum atomic E-state index is 14.0. The predicted octanol–water partition coefficient (Wildman–Crippen LogP) is 3.93. The van der Waals surface area contributed by atoms with Crippen molar-refractivity contribution in [3.8, 4) is 11.5 Å². The van der Waals surface area contributed by atoms with Crippen LogP contribution in [0.25, 0.3) is 10.9 Å². The van der Waals surface area contributed by atoms with Crippen molar-refractivity contribution in [3.63, 3.8) is 0 Å². The highest BCUT2D eigenvalue weighted by atomic mass is 19.1. The van der Waals surface area contributed by atoms with Crippen molar-refractivity contribution >= 4 is 10.9 Å². The van der Waals surface area contributed by atoms with Gasteiger partial charge in [-0.05, 0) is 36.8 Å². The number of pyridine rings is 1. The minimum Gasteiger partial charge on any atom is -0.454 e. The summed E-state index contributed by atoms with van der Waals surface area (Å²) >= 11 is 0. The second kappa shape index (κ2) is 5.50. The Morgan fingerprint density at radius 2 is 1.90 bits per heavy atom.